The summed E-state index contributed by atoms with van der Waals surface area (Å²) in [6, 6.07) is 5.92. The smallest absolute Gasteiger partial charge is 0.256 e. The summed E-state index contributed by atoms with van der Waals surface area (Å²) >= 11 is 0.637. The predicted molar refractivity (Wildman–Crippen MR) is 63.1 cm³/mol. The van der Waals surface area contributed by atoms with Gasteiger partial charge >= 0.3 is 6.18 Å². The zero-order valence-electron chi connectivity index (χ0n) is 9.28. The fourth-order valence-corrected chi connectivity index (χ4v) is 2.25. The van der Waals surface area contributed by atoms with Crippen LogP contribution < -0.4 is 0 Å². The summed E-state index contributed by atoms with van der Waals surface area (Å²) in [5.74, 6) is 0. The molecule has 0 radical (unpaired) electrons. The van der Waals surface area contributed by atoms with Crippen LogP contribution >= 0.6 is 11.8 Å². The molecule has 0 fully saturated rings. The maximum absolute atomic E-state index is 13.0. The molecular formula is C12H6F4N2S. The second-order valence-electron chi connectivity index (χ2n) is 3.60. The number of pyridine rings is 1. The van der Waals surface area contributed by atoms with Crippen LogP contribution in [0, 0.1) is 11.3 Å². The number of hydrogen-bond acceptors (Lipinski definition) is 3. The lowest BCUT2D eigenvalue weighted by Gasteiger charge is -2.09. The van der Waals surface area contributed by atoms with Gasteiger partial charge in [0.1, 0.15) is 6.07 Å². The van der Waals surface area contributed by atoms with Gasteiger partial charge in [0.2, 0.25) is 5.50 Å². The second-order valence-corrected chi connectivity index (χ2v) is 4.69. The molecule has 0 bridgehead atoms. The van der Waals surface area contributed by atoms with Crippen LogP contribution in [0.25, 0.3) is 10.9 Å². The molecule has 7 heteroatoms. The van der Waals surface area contributed by atoms with E-state index in [2.05, 4.69) is 4.98 Å². The van der Waals surface area contributed by atoms with E-state index in [1.54, 1.807) is 0 Å². The zero-order chi connectivity index (χ0) is 14.0. The Labute approximate surface area is 110 Å². The van der Waals surface area contributed by atoms with E-state index in [0.29, 0.717) is 22.0 Å². The van der Waals surface area contributed by atoms with E-state index in [1.807, 2.05) is 0 Å². The molecule has 1 aromatic carbocycles. The highest BCUT2D eigenvalue weighted by atomic mass is 32.2. The maximum atomic E-state index is 13.0. The molecule has 1 atom stereocenters. The SMILES string of the molecule is N#CC(F)Sc1ccnc2cc(C(F)(F)F)ccc12. The Morgan fingerprint density at radius 2 is 2.00 bits per heavy atom. The van der Waals surface area contributed by atoms with E-state index in [-0.39, 0.29) is 5.52 Å². The normalized spacial score (nSPS) is 13.2. The number of alkyl halides is 4. The molecule has 2 aromatic rings. The fourth-order valence-electron chi connectivity index (χ4n) is 1.54. The molecule has 1 unspecified atom stereocenters. The summed E-state index contributed by atoms with van der Waals surface area (Å²) in [5, 5.41) is 8.80. The van der Waals surface area contributed by atoms with Gasteiger partial charge in [-0.2, -0.15) is 18.4 Å². The topological polar surface area (TPSA) is 36.7 Å². The van der Waals surface area contributed by atoms with E-state index in [9.17, 15) is 17.6 Å². The van der Waals surface area contributed by atoms with Crippen LogP contribution in [0.3, 0.4) is 0 Å². The molecule has 0 aliphatic heterocycles. The van der Waals surface area contributed by atoms with E-state index in [1.165, 1.54) is 24.4 Å². The van der Waals surface area contributed by atoms with Crippen LogP contribution in [0.2, 0.25) is 0 Å². The lowest BCUT2D eigenvalue weighted by molar-refractivity contribution is -0.137. The van der Waals surface area contributed by atoms with Crippen LogP contribution in [-0.2, 0) is 6.18 Å². The molecule has 0 spiro atoms. The van der Waals surface area contributed by atoms with Gasteiger partial charge in [-0.15, -0.1) is 0 Å². The lowest BCUT2D eigenvalue weighted by Crippen LogP contribution is -2.04. The first-order valence-electron chi connectivity index (χ1n) is 5.08. The molecule has 1 aromatic heterocycles. The lowest BCUT2D eigenvalue weighted by atomic mass is 10.1. The van der Waals surface area contributed by atoms with Crippen molar-refractivity contribution in [3.8, 4) is 6.07 Å². The molecule has 98 valence electrons. The van der Waals surface area contributed by atoms with Gasteiger partial charge in [0.05, 0.1) is 11.1 Å². The summed E-state index contributed by atoms with van der Waals surface area (Å²) < 4.78 is 50.7. The first kappa shape index (κ1) is 13.6. The van der Waals surface area contributed by atoms with Crippen molar-refractivity contribution in [2.45, 2.75) is 16.6 Å². The summed E-state index contributed by atoms with van der Waals surface area (Å²) in [5.41, 5.74) is -2.47. The van der Waals surface area contributed by atoms with Gasteiger partial charge in [0.25, 0.3) is 0 Å². The molecule has 1 heterocycles. The number of aromatic nitrogens is 1. The first-order valence-corrected chi connectivity index (χ1v) is 5.96. The molecular weight excluding hydrogens is 280 g/mol. The molecule has 19 heavy (non-hydrogen) atoms. The van der Waals surface area contributed by atoms with Crippen LogP contribution in [0.5, 0.6) is 0 Å². The third-order valence-corrected chi connectivity index (χ3v) is 3.28. The van der Waals surface area contributed by atoms with Crippen molar-refractivity contribution < 1.29 is 17.6 Å². The Kier molecular flexibility index (Phi) is 3.62. The van der Waals surface area contributed by atoms with Crippen molar-refractivity contribution in [3.63, 3.8) is 0 Å². The first-order chi connectivity index (χ1) is 8.91. The third kappa shape index (κ3) is 2.96. The number of rotatable bonds is 2. The van der Waals surface area contributed by atoms with Crippen LogP contribution in [0.15, 0.2) is 35.4 Å². The summed E-state index contributed by atoms with van der Waals surface area (Å²) in [4.78, 5) is 4.21. The van der Waals surface area contributed by atoms with E-state index in [0.717, 1.165) is 12.1 Å². The average molecular weight is 286 g/mol. The standard InChI is InChI=1S/C12H6F4N2S/c13-11(6-17)19-10-3-4-18-9-5-7(12(14,15)16)1-2-8(9)10/h1-5,11H. The highest BCUT2D eigenvalue weighted by Gasteiger charge is 2.30. The van der Waals surface area contributed by atoms with Gasteiger partial charge in [-0.1, -0.05) is 17.8 Å². The predicted octanol–water partition coefficient (Wildman–Crippen LogP) is 4.16. The number of fused-ring (bicyclic) bond motifs is 1. The number of nitrogens with zero attached hydrogens (tertiary/aromatic N) is 2. The molecule has 0 aliphatic rings. The van der Waals surface area contributed by atoms with Crippen molar-refractivity contribution in [2.24, 2.45) is 0 Å². The number of hydrogen-bond donors (Lipinski definition) is 0. The Morgan fingerprint density at radius 3 is 2.63 bits per heavy atom. The van der Waals surface area contributed by atoms with Crippen molar-refractivity contribution in [1.82, 2.24) is 4.98 Å². The fraction of sp³-hybridized carbons (Fsp3) is 0.167. The number of benzene rings is 1. The summed E-state index contributed by atoms with van der Waals surface area (Å²) in [7, 11) is 0. The number of halogens is 4. The van der Waals surface area contributed by atoms with Crippen molar-refractivity contribution >= 4 is 22.7 Å². The highest BCUT2D eigenvalue weighted by molar-refractivity contribution is 8.00. The minimum absolute atomic E-state index is 0.116. The number of nitriles is 1. The molecule has 0 amide bonds. The summed E-state index contributed by atoms with van der Waals surface area (Å²) in [6.45, 7) is 0. The van der Waals surface area contributed by atoms with Gasteiger partial charge in [0.15, 0.2) is 0 Å². The molecule has 0 aliphatic carbocycles. The zero-order valence-corrected chi connectivity index (χ0v) is 10.1. The van der Waals surface area contributed by atoms with Gasteiger partial charge in [-0.05, 0) is 18.2 Å². The summed E-state index contributed by atoms with van der Waals surface area (Å²) in [6.07, 6.45) is -3.16. The van der Waals surface area contributed by atoms with E-state index < -0.39 is 17.2 Å². The van der Waals surface area contributed by atoms with Crippen molar-refractivity contribution in [2.75, 3.05) is 0 Å². The van der Waals surface area contributed by atoms with Crippen molar-refractivity contribution in [3.05, 3.63) is 36.0 Å². The largest absolute Gasteiger partial charge is 0.416 e. The molecule has 0 N–H and O–H groups in total. The van der Waals surface area contributed by atoms with Crippen LogP contribution in [0.1, 0.15) is 5.56 Å². The van der Waals surface area contributed by atoms with Crippen LogP contribution in [0.4, 0.5) is 17.6 Å². The molecule has 2 nitrogen and oxygen atoms in total. The second kappa shape index (κ2) is 5.05. The minimum Gasteiger partial charge on any atom is -0.256 e. The minimum atomic E-state index is -4.45. The molecule has 0 saturated heterocycles. The third-order valence-electron chi connectivity index (χ3n) is 2.36. The Morgan fingerprint density at radius 1 is 1.26 bits per heavy atom. The monoisotopic (exact) mass is 286 g/mol. The Bertz CT molecular complexity index is 648. The van der Waals surface area contributed by atoms with Crippen LogP contribution in [-0.4, -0.2) is 10.5 Å². The maximum Gasteiger partial charge on any atom is 0.416 e. The van der Waals surface area contributed by atoms with E-state index >= 15 is 0 Å². The number of thioether (sulfide) groups is 1. The van der Waals surface area contributed by atoms with E-state index in [4.69, 9.17) is 5.26 Å². The van der Waals surface area contributed by atoms with Crippen molar-refractivity contribution in [1.29, 1.82) is 5.26 Å². The molecule has 0 saturated carbocycles. The highest BCUT2D eigenvalue weighted by Crippen LogP contribution is 2.34. The average Bonchev–Trinajstić information content (AvgIpc) is 2.37. The van der Waals surface area contributed by atoms with Gasteiger partial charge in [-0.25, -0.2) is 4.39 Å². The Hall–Kier alpha value is -1.81. The van der Waals surface area contributed by atoms with Gasteiger partial charge in [0, 0.05) is 16.5 Å². The Balaban J connectivity index is 2.50. The quantitative estimate of drug-likeness (QED) is 0.614. The van der Waals surface area contributed by atoms with Gasteiger partial charge < -0.3 is 0 Å². The molecule has 2 rings (SSSR count). The van der Waals surface area contributed by atoms with Gasteiger partial charge in [-0.3, -0.25) is 4.98 Å².